The number of rotatable bonds is 6. The topological polar surface area (TPSA) is 29.3 Å². The minimum atomic E-state index is 0.526. The first kappa shape index (κ1) is 14.4. The Bertz CT molecular complexity index is 352. The number of hydrogen-bond acceptors (Lipinski definition) is 2. The molecule has 0 fully saturated rings. The van der Waals surface area contributed by atoms with Crippen LogP contribution in [-0.4, -0.2) is 12.6 Å². The number of hydrogen-bond donors (Lipinski definition) is 1. The van der Waals surface area contributed by atoms with Gasteiger partial charge in [-0.05, 0) is 38.0 Å². The van der Waals surface area contributed by atoms with E-state index in [0.29, 0.717) is 6.04 Å². The van der Waals surface area contributed by atoms with Gasteiger partial charge in [0.1, 0.15) is 0 Å². The van der Waals surface area contributed by atoms with Crippen molar-refractivity contribution in [1.29, 1.82) is 0 Å². The summed E-state index contributed by atoms with van der Waals surface area (Å²) in [5, 5.41) is 0. The van der Waals surface area contributed by atoms with E-state index in [9.17, 15) is 0 Å². The summed E-state index contributed by atoms with van der Waals surface area (Å²) in [6, 6.07) is 6.61. The third-order valence-electron chi connectivity index (χ3n) is 3.18. The predicted molar refractivity (Wildman–Crippen MR) is 80.6 cm³/mol. The molecular weight excluding hydrogens is 276 g/mol. The van der Waals surface area contributed by atoms with Gasteiger partial charge in [-0.3, -0.25) is 0 Å². The second kappa shape index (κ2) is 6.90. The van der Waals surface area contributed by atoms with E-state index in [-0.39, 0.29) is 0 Å². The fraction of sp³-hybridized carbons (Fsp3) is 0.571. The highest BCUT2D eigenvalue weighted by molar-refractivity contribution is 9.10. The summed E-state index contributed by atoms with van der Waals surface area (Å²) < 4.78 is 1.09. The highest BCUT2D eigenvalue weighted by Crippen LogP contribution is 2.29. The zero-order chi connectivity index (χ0) is 12.8. The van der Waals surface area contributed by atoms with E-state index >= 15 is 0 Å². The third kappa shape index (κ3) is 3.91. The number of nitrogens with two attached hydrogens (primary N) is 1. The van der Waals surface area contributed by atoms with Crippen molar-refractivity contribution in [2.24, 2.45) is 0 Å². The summed E-state index contributed by atoms with van der Waals surface area (Å²) in [5.41, 5.74) is 8.11. The average Bonchev–Trinajstić information content (AvgIpc) is 2.33. The summed E-state index contributed by atoms with van der Waals surface area (Å²) in [6.45, 7) is 7.78. The molecule has 1 atom stereocenters. The van der Waals surface area contributed by atoms with Gasteiger partial charge in [0.25, 0.3) is 0 Å². The molecule has 2 nitrogen and oxygen atoms in total. The molecule has 0 spiro atoms. The molecule has 3 heteroatoms. The number of nitrogens with zero attached hydrogens (tertiary/aromatic N) is 1. The van der Waals surface area contributed by atoms with Crippen LogP contribution >= 0.6 is 15.9 Å². The van der Waals surface area contributed by atoms with Gasteiger partial charge in [-0.1, -0.05) is 36.2 Å². The molecule has 0 radical (unpaired) electrons. The van der Waals surface area contributed by atoms with Crippen LogP contribution in [0.1, 0.15) is 40.0 Å². The van der Waals surface area contributed by atoms with Crippen molar-refractivity contribution < 1.29 is 0 Å². The van der Waals surface area contributed by atoms with Crippen molar-refractivity contribution >= 4 is 27.3 Å². The molecule has 0 aliphatic rings. The normalized spacial score (nSPS) is 12.5. The molecule has 0 aliphatic carbocycles. The number of halogens is 1. The van der Waals surface area contributed by atoms with Crippen LogP contribution in [-0.2, 0) is 0 Å². The Morgan fingerprint density at radius 2 is 2.06 bits per heavy atom. The first-order valence-corrected chi connectivity index (χ1v) is 7.21. The van der Waals surface area contributed by atoms with Crippen molar-refractivity contribution in [3.8, 4) is 0 Å². The first-order chi connectivity index (χ1) is 8.10. The highest BCUT2D eigenvalue weighted by Gasteiger charge is 2.15. The number of unbranched alkanes of at least 4 members (excludes halogenated alkanes) is 1. The number of nitrogen functional groups attached to an aromatic ring is 1. The van der Waals surface area contributed by atoms with Gasteiger partial charge >= 0.3 is 0 Å². The molecule has 96 valence electrons. The lowest BCUT2D eigenvalue weighted by Gasteiger charge is -2.32. The maximum Gasteiger partial charge on any atom is 0.0613 e. The van der Waals surface area contributed by atoms with Crippen molar-refractivity contribution in [3.05, 3.63) is 22.7 Å². The molecular formula is C14H23BrN2. The summed E-state index contributed by atoms with van der Waals surface area (Å²) in [7, 11) is 0. The largest absolute Gasteiger partial charge is 0.397 e. The maximum atomic E-state index is 6.09. The summed E-state index contributed by atoms with van der Waals surface area (Å²) in [4.78, 5) is 2.42. The van der Waals surface area contributed by atoms with Crippen molar-refractivity contribution in [3.63, 3.8) is 0 Å². The molecule has 1 unspecified atom stereocenters. The molecule has 0 aromatic heterocycles. The molecule has 0 aliphatic heterocycles. The van der Waals surface area contributed by atoms with E-state index in [1.165, 1.54) is 12.8 Å². The average molecular weight is 299 g/mol. The summed E-state index contributed by atoms with van der Waals surface area (Å²) in [5.74, 6) is 0. The monoisotopic (exact) mass is 298 g/mol. The minimum absolute atomic E-state index is 0.526. The van der Waals surface area contributed by atoms with Crippen molar-refractivity contribution in [1.82, 2.24) is 0 Å². The second-order valence-corrected chi connectivity index (χ2v) is 5.42. The third-order valence-corrected chi connectivity index (χ3v) is 3.67. The van der Waals surface area contributed by atoms with Gasteiger partial charge in [-0.15, -0.1) is 0 Å². The Hall–Kier alpha value is -0.700. The SMILES string of the molecule is CCCCN(c1cc(Br)ccc1N)C(C)CC. The number of benzene rings is 1. The van der Waals surface area contributed by atoms with E-state index in [2.05, 4.69) is 47.7 Å². The number of anilines is 2. The zero-order valence-corrected chi connectivity index (χ0v) is 12.6. The van der Waals surface area contributed by atoms with E-state index in [0.717, 1.165) is 28.8 Å². The minimum Gasteiger partial charge on any atom is -0.397 e. The van der Waals surface area contributed by atoms with Gasteiger partial charge in [-0.2, -0.15) is 0 Å². The molecule has 1 aromatic carbocycles. The van der Waals surface area contributed by atoms with Gasteiger partial charge in [0, 0.05) is 17.1 Å². The maximum absolute atomic E-state index is 6.09. The van der Waals surface area contributed by atoms with E-state index in [1.807, 2.05) is 12.1 Å². The van der Waals surface area contributed by atoms with Gasteiger partial charge in [0.15, 0.2) is 0 Å². The van der Waals surface area contributed by atoms with Crippen LogP contribution in [0.3, 0.4) is 0 Å². The Kier molecular flexibility index (Phi) is 5.83. The van der Waals surface area contributed by atoms with E-state index < -0.39 is 0 Å². The van der Waals surface area contributed by atoms with Gasteiger partial charge in [0.2, 0.25) is 0 Å². The standard InChI is InChI=1S/C14H23BrN2/c1-4-6-9-17(11(3)5-2)14-10-12(15)7-8-13(14)16/h7-8,10-11H,4-6,9,16H2,1-3H3. The second-order valence-electron chi connectivity index (χ2n) is 4.51. The Morgan fingerprint density at radius 3 is 2.65 bits per heavy atom. The van der Waals surface area contributed by atoms with Crippen molar-refractivity contribution in [2.45, 2.75) is 46.1 Å². The molecule has 17 heavy (non-hydrogen) atoms. The zero-order valence-electron chi connectivity index (χ0n) is 11.0. The predicted octanol–water partition coefficient (Wildman–Crippen LogP) is 4.44. The molecule has 0 saturated heterocycles. The lowest BCUT2D eigenvalue weighted by molar-refractivity contribution is 0.596. The molecule has 1 rings (SSSR count). The van der Waals surface area contributed by atoms with E-state index in [4.69, 9.17) is 5.73 Å². The smallest absolute Gasteiger partial charge is 0.0613 e. The van der Waals surface area contributed by atoms with Crippen LogP contribution in [0.2, 0.25) is 0 Å². The van der Waals surface area contributed by atoms with E-state index in [1.54, 1.807) is 0 Å². The Balaban J connectivity index is 2.98. The lowest BCUT2D eigenvalue weighted by atomic mass is 10.1. The van der Waals surface area contributed by atoms with Gasteiger partial charge in [0.05, 0.1) is 11.4 Å². The Morgan fingerprint density at radius 1 is 1.35 bits per heavy atom. The summed E-state index contributed by atoms with van der Waals surface area (Å²) >= 11 is 3.52. The molecule has 0 heterocycles. The van der Waals surface area contributed by atoms with Crippen LogP contribution in [0.4, 0.5) is 11.4 Å². The Labute approximate surface area is 113 Å². The van der Waals surface area contributed by atoms with Crippen LogP contribution in [0.15, 0.2) is 22.7 Å². The van der Waals surface area contributed by atoms with Crippen LogP contribution < -0.4 is 10.6 Å². The first-order valence-electron chi connectivity index (χ1n) is 6.41. The van der Waals surface area contributed by atoms with Gasteiger partial charge < -0.3 is 10.6 Å². The lowest BCUT2D eigenvalue weighted by Crippen LogP contribution is -2.34. The fourth-order valence-electron chi connectivity index (χ4n) is 1.89. The van der Waals surface area contributed by atoms with Crippen LogP contribution in [0.25, 0.3) is 0 Å². The molecule has 1 aromatic rings. The highest BCUT2D eigenvalue weighted by atomic mass is 79.9. The molecule has 0 bridgehead atoms. The molecule has 0 saturated carbocycles. The molecule has 2 N–H and O–H groups in total. The quantitative estimate of drug-likeness (QED) is 0.787. The van der Waals surface area contributed by atoms with Crippen molar-refractivity contribution in [2.75, 3.05) is 17.2 Å². The van der Waals surface area contributed by atoms with Crippen LogP contribution in [0, 0.1) is 0 Å². The molecule has 0 amide bonds. The van der Waals surface area contributed by atoms with Crippen LogP contribution in [0.5, 0.6) is 0 Å². The summed E-state index contributed by atoms with van der Waals surface area (Å²) in [6.07, 6.45) is 3.55. The fourth-order valence-corrected chi connectivity index (χ4v) is 2.24. The van der Waals surface area contributed by atoms with Gasteiger partial charge in [-0.25, -0.2) is 0 Å².